The van der Waals surface area contributed by atoms with Crippen LogP contribution in [-0.2, 0) is 4.74 Å². The molecule has 2 unspecified atom stereocenters. The van der Waals surface area contributed by atoms with Gasteiger partial charge in [-0.15, -0.1) is 0 Å². The number of hydrogen-bond acceptors (Lipinski definition) is 2. The molecule has 1 rings (SSSR count). The highest BCUT2D eigenvalue weighted by atomic mass is 16.5. The van der Waals surface area contributed by atoms with Crippen LogP contribution in [-0.4, -0.2) is 25.8 Å². The maximum absolute atomic E-state index is 5.67. The van der Waals surface area contributed by atoms with Gasteiger partial charge in [0.05, 0.1) is 6.10 Å². The standard InChI is InChI=1S/C10H21NO/c1-3-9(11-2)8-10-6-4-5-7-12-10/h9-11H,3-8H2,1-2H3. The largest absolute Gasteiger partial charge is 0.378 e. The molecule has 0 bridgehead atoms. The van der Waals surface area contributed by atoms with Gasteiger partial charge in [-0.3, -0.25) is 0 Å². The van der Waals surface area contributed by atoms with Crippen molar-refractivity contribution in [3.05, 3.63) is 0 Å². The van der Waals surface area contributed by atoms with E-state index in [1.807, 2.05) is 7.05 Å². The van der Waals surface area contributed by atoms with Crippen LogP contribution in [0.5, 0.6) is 0 Å². The van der Waals surface area contributed by atoms with Crippen LogP contribution < -0.4 is 5.32 Å². The lowest BCUT2D eigenvalue weighted by Crippen LogP contribution is -2.31. The molecule has 0 amide bonds. The molecule has 0 aromatic heterocycles. The second kappa shape index (κ2) is 5.55. The zero-order chi connectivity index (χ0) is 8.81. The summed E-state index contributed by atoms with van der Waals surface area (Å²) in [7, 11) is 2.04. The first-order chi connectivity index (χ1) is 5.86. The molecule has 1 aliphatic heterocycles. The highest BCUT2D eigenvalue weighted by Gasteiger charge is 2.17. The van der Waals surface area contributed by atoms with E-state index in [2.05, 4.69) is 12.2 Å². The second-order valence-corrected chi connectivity index (χ2v) is 3.62. The molecule has 1 saturated heterocycles. The summed E-state index contributed by atoms with van der Waals surface area (Å²) in [5, 5.41) is 3.32. The minimum absolute atomic E-state index is 0.524. The zero-order valence-electron chi connectivity index (χ0n) is 8.31. The monoisotopic (exact) mass is 171 g/mol. The minimum atomic E-state index is 0.524. The Morgan fingerprint density at radius 1 is 1.50 bits per heavy atom. The van der Waals surface area contributed by atoms with Gasteiger partial charge < -0.3 is 10.1 Å². The summed E-state index contributed by atoms with van der Waals surface area (Å²) in [6.07, 6.45) is 6.79. The normalized spacial score (nSPS) is 27.0. The van der Waals surface area contributed by atoms with E-state index in [0.717, 1.165) is 6.61 Å². The fraction of sp³-hybridized carbons (Fsp3) is 1.00. The lowest BCUT2D eigenvalue weighted by atomic mass is 10.0. The van der Waals surface area contributed by atoms with Gasteiger partial charge in [-0.05, 0) is 39.2 Å². The maximum Gasteiger partial charge on any atom is 0.0590 e. The molecule has 1 aliphatic rings. The lowest BCUT2D eigenvalue weighted by Gasteiger charge is -2.26. The van der Waals surface area contributed by atoms with E-state index in [0.29, 0.717) is 12.1 Å². The van der Waals surface area contributed by atoms with Crippen molar-refractivity contribution >= 4 is 0 Å². The van der Waals surface area contributed by atoms with E-state index in [-0.39, 0.29) is 0 Å². The third-order valence-corrected chi connectivity index (χ3v) is 2.72. The molecule has 0 saturated carbocycles. The molecule has 0 aromatic rings. The maximum atomic E-state index is 5.67. The molecule has 0 radical (unpaired) electrons. The second-order valence-electron chi connectivity index (χ2n) is 3.62. The molecule has 1 N–H and O–H groups in total. The quantitative estimate of drug-likeness (QED) is 0.698. The van der Waals surface area contributed by atoms with E-state index in [1.54, 1.807) is 0 Å². The van der Waals surface area contributed by atoms with Gasteiger partial charge in [0.2, 0.25) is 0 Å². The number of rotatable bonds is 4. The number of ether oxygens (including phenoxy) is 1. The molecule has 1 fully saturated rings. The molecule has 72 valence electrons. The topological polar surface area (TPSA) is 21.3 Å². The van der Waals surface area contributed by atoms with Crippen LogP contribution in [0.3, 0.4) is 0 Å². The van der Waals surface area contributed by atoms with Crippen molar-refractivity contribution in [1.29, 1.82) is 0 Å². The summed E-state index contributed by atoms with van der Waals surface area (Å²) >= 11 is 0. The Morgan fingerprint density at radius 3 is 2.83 bits per heavy atom. The lowest BCUT2D eigenvalue weighted by molar-refractivity contribution is 0.00545. The van der Waals surface area contributed by atoms with Gasteiger partial charge in [-0.25, -0.2) is 0 Å². The van der Waals surface area contributed by atoms with Crippen molar-refractivity contribution in [3.8, 4) is 0 Å². The Balaban J connectivity index is 2.18. The molecule has 0 spiro atoms. The number of nitrogens with one attached hydrogen (secondary N) is 1. The van der Waals surface area contributed by atoms with Crippen molar-refractivity contribution in [2.75, 3.05) is 13.7 Å². The van der Waals surface area contributed by atoms with Crippen LogP contribution in [0.2, 0.25) is 0 Å². The molecular weight excluding hydrogens is 150 g/mol. The molecule has 1 heterocycles. The summed E-state index contributed by atoms with van der Waals surface area (Å²) in [4.78, 5) is 0. The fourth-order valence-electron chi connectivity index (χ4n) is 1.80. The molecular formula is C10H21NO. The third kappa shape index (κ3) is 3.11. The first kappa shape index (κ1) is 10.0. The van der Waals surface area contributed by atoms with E-state index in [4.69, 9.17) is 4.74 Å². The van der Waals surface area contributed by atoms with E-state index in [1.165, 1.54) is 32.1 Å². The van der Waals surface area contributed by atoms with Crippen molar-refractivity contribution < 1.29 is 4.74 Å². The summed E-state index contributed by atoms with van der Waals surface area (Å²) in [5.74, 6) is 0. The van der Waals surface area contributed by atoms with Crippen LogP contribution in [0, 0.1) is 0 Å². The first-order valence-corrected chi connectivity index (χ1v) is 5.15. The third-order valence-electron chi connectivity index (χ3n) is 2.72. The predicted octanol–water partition coefficient (Wildman–Crippen LogP) is 1.94. The average molecular weight is 171 g/mol. The van der Waals surface area contributed by atoms with Crippen LogP contribution in [0.4, 0.5) is 0 Å². The number of hydrogen-bond donors (Lipinski definition) is 1. The fourth-order valence-corrected chi connectivity index (χ4v) is 1.80. The van der Waals surface area contributed by atoms with Gasteiger partial charge in [0.25, 0.3) is 0 Å². The smallest absolute Gasteiger partial charge is 0.0590 e. The van der Waals surface area contributed by atoms with Crippen molar-refractivity contribution in [2.45, 2.75) is 51.2 Å². The Bertz CT molecular complexity index is 106. The average Bonchev–Trinajstić information content (AvgIpc) is 2.16. The molecule has 12 heavy (non-hydrogen) atoms. The van der Waals surface area contributed by atoms with Crippen molar-refractivity contribution in [1.82, 2.24) is 5.32 Å². The molecule has 2 atom stereocenters. The summed E-state index contributed by atoms with van der Waals surface area (Å²) in [6.45, 7) is 3.20. The molecule has 2 heteroatoms. The molecule has 0 aliphatic carbocycles. The summed E-state index contributed by atoms with van der Waals surface area (Å²) in [5.41, 5.74) is 0. The van der Waals surface area contributed by atoms with Gasteiger partial charge in [0.1, 0.15) is 0 Å². The Kier molecular flexibility index (Phi) is 4.62. The van der Waals surface area contributed by atoms with Gasteiger partial charge in [-0.2, -0.15) is 0 Å². The van der Waals surface area contributed by atoms with Crippen LogP contribution in [0.1, 0.15) is 39.0 Å². The van der Waals surface area contributed by atoms with Crippen LogP contribution in [0.25, 0.3) is 0 Å². The SMILES string of the molecule is CCC(CC1CCCCO1)NC. The minimum Gasteiger partial charge on any atom is -0.378 e. The van der Waals surface area contributed by atoms with Gasteiger partial charge in [0.15, 0.2) is 0 Å². The summed E-state index contributed by atoms with van der Waals surface area (Å²) in [6, 6.07) is 0.646. The first-order valence-electron chi connectivity index (χ1n) is 5.15. The van der Waals surface area contributed by atoms with E-state index in [9.17, 15) is 0 Å². The highest BCUT2D eigenvalue weighted by molar-refractivity contribution is 4.71. The van der Waals surface area contributed by atoms with Crippen molar-refractivity contribution in [2.24, 2.45) is 0 Å². The van der Waals surface area contributed by atoms with E-state index < -0.39 is 0 Å². The van der Waals surface area contributed by atoms with E-state index >= 15 is 0 Å². The highest BCUT2D eigenvalue weighted by Crippen LogP contribution is 2.17. The molecule has 2 nitrogen and oxygen atoms in total. The predicted molar refractivity (Wildman–Crippen MR) is 51.3 cm³/mol. The van der Waals surface area contributed by atoms with Crippen LogP contribution >= 0.6 is 0 Å². The molecule has 0 aromatic carbocycles. The summed E-state index contributed by atoms with van der Waals surface area (Å²) < 4.78 is 5.67. The van der Waals surface area contributed by atoms with Gasteiger partial charge in [0, 0.05) is 12.6 Å². The Morgan fingerprint density at radius 2 is 2.33 bits per heavy atom. The Hall–Kier alpha value is -0.0800. The van der Waals surface area contributed by atoms with Crippen molar-refractivity contribution in [3.63, 3.8) is 0 Å². The zero-order valence-corrected chi connectivity index (χ0v) is 8.31. The van der Waals surface area contributed by atoms with Gasteiger partial charge in [-0.1, -0.05) is 6.92 Å². The Labute approximate surface area is 75.7 Å². The van der Waals surface area contributed by atoms with Crippen LogP contribution in [0.15, 0.2) is 0 Å². The van der Waals surface area contributed by atoms with Gasteiger partial charge >= 0.3 is 0 Å².